The van der Waals surface area contributed by atoms with Gasteiger partial charge in [0, 0.05) is 38.3 Å². The quantitative estimate of drug-likeness (QED) is 0.860. The number of carbonyl (C=O) groups excluding carboxylic acids is 1. The van der Waals surface area contributed by atoms with Crippen LogP contribution in [0.15, 0.2) is 24.3 Å². The zero-order chi connectivity index (χ0) is 17.9. The molecule has 0 saturated carbocycles. The molecule has 26 heavy (non-hydrogen) atoms. The first-order chi connectivity index (χ1) is 11.9. The van der Waals surface area contributed by atoms with Gasteiger partial charge in [0.2, 0.25) is 0 Å². The molecule has 2 aliphatic heterocycles. The Labute approximate surface area is 158 Å². The van der Waals surface area contributed by atoms with Crippen LogP contribution in [0, 0.1) is 5.92 Å². The van der Waals surface area contributed by atoms with Crippen molar-refractivity contribution in [3.63, 3.8) is 0 Å². The molecule has 0 radical (unpaired) electrons. The fourth-order valence-electron chi connectivity index (χ4n) is 3.55. The van der Waals surface area contributed by atoms with Crippen LogP contribution >= 0.6 is 12.4 Å². The van der Waals surface area contributed by atoms with E-state index in [4.69, 9.17) is 0 Å². The Morgan fingerprint density at radius 1 is 1.04 bits per heavy atom. The maximum atomic E-state index is 12.6. The monoisotopic (exact) mass is 391 g/mol. The highest BCUT2D eigenvalue weighted by molar-refractivity contribution is 5.94. The van der Waals surface area contributed by atoms with Crippen molar-refractivity contribution in [1.29, 1.82) is 0 Å². The first-order valence-corrected chi connectivity index (χ1v) is 8.83. The van der Waals surface area contributed by atoms with Gasteiger partial charge in [-0.1, -0.05) is 0 Å². The minimum atomic E-state index is -4.37. The summed E-state index contributed by atoms with van der Waals surface area (Å²) in [4.78, 5) is 16.6. The predicted octanol–water partition coefficient (Wildman–Crippen LogP) is 2.88. The van der Waals surface area contributed by atoms with Crippen molar-refractivity contribution in [3.8, 4) is 0 Å². The molecule has 0 aromatic heterocycles. The van der Waals surface area contributed by atoms with Crippen molar-refractivity contribution in [1.82, 2.24) is 15.1 Å². The smallest absolute Gasteiger partial charge is 0.336 e. The van der Waals surface area contributed by atoms with E-state index in [2.05, 4.69) is 10.2 Å². The number of hydrogen-bond donors (Lipinski definition) is 1. The highest BCUT2D eigenvalue weighted by Crippen LogP contribution is 2.29. The molecule has 1 aromatic carbocycles. The van der Waals surface area contributed by atoms with E-state index in [1.165, 1.54) is 25.0 Å². The third kappa shape index (κ3) is 5.34. The van der Waals surface area contributed by atoms with Gasteiger partial charge in [0.1, 0.15) is 0 Å². The fraction of sp³-hybridized carbons (Fsp3) is 0.611. The molecule has 1 aromatic rings. The molecule has 4 nitrogen and oxygen atoms in total. The fourth-order valence-corrected chi connectivity index (χ4v) is 3.55. The zero-order valence-corrected chi connectivity index (χ0v) is 15.4. The molecule has 146 valence electrons. The van der Waals surface area contributed by atoms with E-state index in [0.29, 0.717) is 18.7 Å². The summed E-state index contributed by atoms with van der Waals surface area (Å²) in [6.45, 7) is 6.15. The van der Waals surface area contributed by atoms with Crippen LogP contribution in [0.25, 0.3) is 0 Å². The van der Waals surface area contributed by atoms with E-state index in [1.54, 1.807) is 4.90 Å². The second-order valence-electron chi connectivity index (χ2n) is 6.86. The van der Waals surface area contributed by atoms with Crippen LogP contribution in [-0.4, -0.2) is 61.5 Å². The van der Waals surface area contributed by atoms with Gasteiger partial charge >= 0.3 is 6.18 Å². The summed E-state index contributed by atoms with van der Waals surface area (Å²) < 4.78 is 37.8. The molecule has 1 N–H and O–H groups in total. The summed E-state index contributed by atoms with van der Waals surface area (Å²) in [5, 5.41) is 3.36. The molecule has 0 atom stereocenters. The highest BCUT2D eigenvalue weighted by atomic mass is 35.5. The maximum Gasteiger partial charge on any atom is 0.416 e. The zero-order valence-electron chi connectivity index (χ0n) is 14.6. The molecule has 3 rings (SSSR count). The van der Waals surface area contributed by atoms with Crippen molar-refractivity contribution in [3.05, 3.63) is 35.4 Å². The number of alkyl halides is 3. The Hall–Kier alpha value is -1.31. The second kappa shape index (κ2) is 9.06. The van der Waals surface area contributed by atoms with Crippen LogP contribution in [0.3, 0.4) is 0 Å². The van der Waals surface area contributed by atoms with Crippen LogP contribution in [0.1, 0.15) is 28.8 Å². The van der Waals surface area contributed by atoms with Gasteiger partial charge in [-0.25, -0.2) is 0 Å². The van der Waals surface area contributed by atoms with Crippen LogP contribution < -0.4 is 5.32 Å². The van der Waals surface area contributed by atoms with Gasteiger partial charge in [-0.05, 0) is 56.1 Å². The van der Waals surface area contributed by atoms with Crippen molar-refractivity contribution in [2.75, 3.05) is 45.8 Å². The maximum absolute atomic E-state index is 12.6. The Bertz CT molecular complexity index is 580. The van der Waals surface area contributed by atoms with Gasteiger partial charge in [-0.3, -0.25) is 9.69 Å². The number of rotatable bonds is 3. The summed E-state index contributed by atoms with van der Waals surface area (Å²) >= 11 is 0. The number of amides is 1. The first-order valence-electron chi connectivity index (χ1n) is 8.83. The highest BCUT2D eigenvalue weighted by Gasteiger charge is 2.31. The lowest BCUT2D eigenvalue weighted by atomic mass is 9.97. The molecule has 0 bridgehead atoms. The van der Waals surface area contributed by atoms with Gasteiger partial charge in [-0.15, -0.1) is 12.4 Å². The normalized spacial score (nSPS) is 19.9. The van der Waals surface area contributed by atoms with Crippen LogP contribution in [0.2, 0.25) is 0 Å². The lowest BCUT2D eigenvalue weighted by molar-refractivity contribution is -0.137. The minimum absolute atomic E-state index is 0. The first kappa shape index (κ1) is 21.0. The van der Waals surface area contributed by atoms with E-state index in [0.717, 1.165) is 50.8 Å². The molecule has 0 unspecified atom stereocenters. The van der Waals surface area contributed by atoms with Crippen molar-refractivity contribution < 1.29 is 18.0 Å². The summed E-state index contributed by atoms with van der Waals surface area (Å²) in [6.07, 6.45) is -1.97. The van der Waals surface area contributed by atoms with E-state index in [9.17, 15) is 18.0 Å². The predicted molar refractivity (Wildman–Crippen MR) is 96.6 cm³/mol. The number of nitrogens with one attached hydrogen (secondary N) is 1. The Morgan fingerprint density at radius 2 is 1.62 bits per heavy atom. The topological polar surface area (TPSA) is 35.6 Å². The molecule has 2 aliphatic rings. The third-order valence-electron chi connectivity index (χ3n) is 5.09. The molecular formula is C18H25ClF3N3O. The molecule has 8 heteroatoms. The molecule has 1 amide bonds. The van der Waals surface area contributed by atoms with E-state index >= 15 is 0 Å². The average Bonchev–Trinajstić information content (AvgIpc) is 2.62. The number of carbonyl (C=O) groups is 1. The number of piperazine rings is 1. The Balaban J connectivity index is 0.00000243. The summed E-state index contributed by atoms with van der Waals surface area (Å²) in [5.74, 6) is 0.536. The molecule has 2 fully saturated rings. The third-order valence-corrected chi connectivity index (χ3v) is 5.09. The number of halogens is 4. The Kier molecular flexibility index (Phi) is 7.32. The summed E-state index contributed by atoms with van der Waals surface area (Å²) in [5.41, 5.74) is -0.407. The minimum Gasteiger partial charge on any atom is -0.336 e. The van der Waals surface area contributed by atoms with Gasteiger partial charge in [-0.2, -0.15) is 13.2 Å². The van der Waals surface area contributed by atoms with Crippen LogP contribution in [-0.2, 0) is 6.18 Å². The van der Waals surface area contributed by atoms with Crippen molar-refractivity contribution >= 4 is 18.3 Å². The number of nitrogens with zero attached hydrogens (tertiary/aromatic N) is 2. The lowest BCUT2D eigenvalue weighted by Gasteiger charge is -2.37. The van der Waals surface area contributed by atoms with E-state index in [1.807, 2.05) is 0 Å². The second-order valence-corrected chi connectivity index (χ2v) is 6.86. The number of hydrogen-bond acceptors (Lipinski definition) is 3. The van der Waals surface area contributed by atoms with Crippen molar-refractivity contribution in [2.24, 2.45) is 5.92 Å². The molecule has 0 spiro atoms. The average molecular weight is 392 g/mol. The van der Waals surface area contributed by atoms with Gasteiger partial charge in [0.25, 0.3) is 5.91 Å². The summed E-state index contributed by atoms with van der Waals surface area (Å²) in [6, 6.07) is 4.49. The van der Waals surface area contributed by atoms with Gasteiger partial charge < -0.3 is 10.2 Å². The molecular weight excluding hydrogens is 367 g/mol. The molecule has 2 heterocycles. The van der Waals surface area contributed by atoms with Gasteiger partial charge in [0.05, 0.1) is 5.56 Å². The SMILES string of the molecule is Cl.O=C(c1ccc(C(F)(F)F)cc1)N1CCN(CC2CCNCC2)CC1. The summed E-state index contributed by atoms with van der Waals surface area (Å²) in [7, 11) is 0. The standard InChI is InChI=1S/C18H24F3N3O.ClH/c19-18(20,21)16-3-1-15(2-4-16)17(25)24-11-9-23(10-12-24)13-14-5-7-22-8-6-14;/h1-4,14,22H,5-13H2;1H. The van der Waals surface area contributed by atoms with Crippen LogP contribution in [0.4, 0.5) is 13.2 Å². The van der Waals surface area contributed by atoms with Crippen molar-refractivity contribution in [2.45, 2.75) is 19.0 Å². The van der Waals surface area contributed by atoms with E-state index < -0.39 is 11.7 Å². The van der Waals surface area contributed by atoms with E-state index in [-0.39, 0.29) is 18.3 Å². The number of benzene rings is 1. The molecule has 2 saturated heterocycles. The number of piperidine rings is 1. The Morgan fingerprint density at radius 3 is 2.15 bits per heavy atom. The van der Waals surface area contributed by atoms with Gasteiger partial charge in [0.15, 0.2) is 0 Å². The largest absolute Gasteiger partial charge is 0.416 e. The van der Waals surface area contributed by atoms with Crippen LogP contribution in [0.5, 0.6) is 0 Å². The lowest BCUT2D eigenvalue weighted by Crippen LogP contribution is -2.50. The molecule has 0 aliphatic carbocycles.